The first-order chi connectivity index (χ1) is 8.36. The summed E-state index contributed by atoms with van der Waals surface area (Å²) in [6.07, 6.45) is 4.80. The van der Waals surface area contributed by atoms with Gasteiger partial charge in [0, 0.05) is 25.7 Å². The van der Waals surface area contributed by atoms with Gasteiger partial charge in [-0.05, 0) is 43.2 Å². The van der Waals surface area contributed by atoms with Gasteiger partial charge >= 0.3 is 0 Å². The Balaban J connectivity index is 1.46. The second-order valence-corrected chi connectivity index (χ2v) is 6.81. The summed E-state index contributed by atoms with van der Waals surface area (Å²) in [5, 5.41) is 3.77. The molecule has 0 aromatic carbocycles. The molecule has 0 aromatic heterocycles. The van der Waals surface area contributed by atoms with Crippen LogP contribution in [0.2, 0.25) is 0 Å². The summed E-state index contributed by atoms with van der Waals surface area (Å²) in [5.74, 6) is 3.61. The van der Waals surface area contributed by atoms with Gasteiger partial charge in [-0.2, -0.15) is 11.8 Å². The Bertz CT molecular complexity index is 250. The van der Waals surface area contributed by atoms with Crippen LogP contribution < -0.4 is 5.32 Å². The van der Waals surface area contributed by atoms with Gasteiger partial charge in [0.25, 0.3) is 0 Å². The molecular weight excluding hydrogens is 234 g/mol. The molecule has 1 N–H and O–H groups in total. The predicted molar refractivity (Wildman–Crippen MR) is 70.6 cm³/mol. The second-order valence-electron chi connectivity index (χ2n) is 5.66. The van der Waals surface area contributed by atoms with Crippen molar-refractivity contribution < 1.29 is 9.47 Å². The Labute approximate surface area is 108 Å². The summed E-state index contributed by atoms with van der Waals surface area (Å²) in [6, 6.07) is 0.649. The van der Waals surface area contributed by atoms with Crippen LogP contribution in [0.25, 0.3) is 0 Å². The van der Waals surface area contributed by atoms with Gasteiger partial charge in [-0.1, -0.05) is 0 Å². The van der Waals surface area contributed by atoms with E-state index in [0.29, 0.717) is 6.04 Å². The number of ether oxygens (including phenoxy) is 2. The molecule has 0 aliphatic carbocycles. The lowest BCUT2D eigenvalue weighted by Gasteiger charge is -2.37. The van der Waals surface area contributed by atoms with Gasteiger partial charge < -0.3 is 14.8 Å². The minimum Gasteiger partial charge on any atom is -0.378 e. The van der Waals surface area contributed by atoms with Gasteiger partial charge in [0.1, 0.15) is 0 Å². The molecular formula is C13H23NO2S. The van der Waals surface area contributed by atoms with Gasteiger partial charge in [0.05, 0.1) is 12.2 Å². The standard InChI is InChI=1S/C13H23NO2S/c1-4-16-13(3-5-15-10-13)7-12(1)14-8-11-2-6-17-9-11/h11-12,14H,1-10H2. The third-order valence-electron chi connectivity index (χ3n) is 4.28. The lowest BCUT2D eigenvalue weighted by Crippen LogP contribution is -2.48. The zero-order chi connectivity index (χ0) is 11.6. The first kappa shape index (κ1) is 12.3. The van der Waals surface area contributed by atoms with Crippen molar-refractivity contribution in [1.29, 1.82) is 0 Å². The number of rotatable bonds is 3. The van der Waals surface area contributed by atoms with Crippen molar-refractivity contribution in [2.45, 2.75) is 37.3 Å². The maximum atomic E-state index is 5.96. The summed E-state index contributed by atoms with van der Waals surface area (Å²) >= 11 is 2.10. The SMILES string of the molecule is C1CC2(CO1)CC(NCC1CCSC1)CCO2. The molecule has 0 saturated carbocycles. The predicted octanol–water partition coefficient (Wildman–Crippen LogP) is 1.67. The van der Waals surface area contributed by atoms with E-state index in [4.69, 9.17) is 9.47 Å². The zero-order valence-electron chi connectivity index (χ0n) is 10.5. The average Bonchev–Trinajstić information content (AvgIpc) is 2.99. The lowest BCUT2D eigenvalue weighted by atomic mass is 9.89. The monoisotopic (exact) mass is 257 g/mol. The van der Waals surface area contributed by atoms with Crippen molar-refractivity contribution >= 4 is 11.8 Å². The quantitative estimate of drug-likeness (QED) is 0.833. The van der Waals surface area contributed by atoms with E-state index in [-0.39, 0.29) is 5.60 Å². The van der Waals surface area contributed by atoms with E-state index in [1.54, 1.807) is 0 Å². The topological polar surface area (TPSA) is 30.5 Å². The van der Waals surface area contributed by atoms with E-state index in [0.717, 1.165) is 38.6 Å². The van der Waals surface area contributed by atoms with E-state index in [1.807, 2.05) is 0 Å². The molecule has 17 heavy (non-hydrogen) atoms. The molecule has 0 aromatic rings. The minimum atomic E-state index is 0.0559. The van der Waals surface area contributed by atoms with Crippen LogP contribution in [-0.4, -0.2) is 49.5 Å². The van der Waals surface area contributed by atoms with Crippen LogP contribution in [0.5, 0.6) is 0 Å². The number of thioether (sulfide) groups is 1. The van der Waals surface area contributed by atoms with Gasteiger partial charge in [-0.15, -0.1) is 0 Å². The molecule has 3 rings (SSSR count). The molecule has 3 aliphatic rings. The first-order valence-electron chi connectivity index (χ1n) is 6.89. The molecule has 3 saturated heterocycles. The Morgan fingerprint density at radius 1 is 1.29 bits per heavy atom. The highest BCUT2D eigenvalue weighted by Crippen LogP contribution is 2.33. The van der Waals surface area contributed by atoms with E-state index < -0.39 is 0 Å². The van der Waals surface area contributed by atoms with Gasteiger partial charge in [-0.25, -0.2) is 0 Å². The van der Waals surface area contributed by atoms with E-state index in [9.17, 15) is 0 Å². The first-order valence-corrected chi connectivity index (χ1v) is 8.05. The number of nitrogens with one attached hydrogen (secondary N) is 1. The molecule has 3 fully saturated rings. The summed E-state index contributed by atoms with van der Waals surface area (Å²) < 4.78 is 11.5. The van der Waals surface area contributed by atoms with E-state index >= 15 is 0 Å². The Kier molecular flexibility index (Phi) is 3.95. The Hall–Kier alpha value is 0.230. The zero-order valence-corrected chi connectivity index (χ0v) is 11.3. The fourth-order valence-corrected chi connectivity index (χ4v) is 4.43. The molecule has 1 spiro atoms. The average molecular weight is 257 g/mol. The molecule has 3 nitrogen and oxygen atoms in total. The van der Waals surface area contributed by atoms with Gasteiger partial charge in [-0.3, -0.25) is 0 Å². The summed E-state index contributed by atoms with van der Waals surface area (Å²) in [5.41, 5.74) is 0.0559. The Morgan fingerprint density at radius 3 is 3.06 bits per heavy atom. The van der Waals surface area contributed by atoms with Crippen molar-refractivity contribution in [3.05, 3.63) is 0 Å². The van der Waals surface area contributed by atoms with Crippen LogP contribution >= 0.6 is 11.8 Å². The van der Waals surface area contributed by atoms with Crippen molar-refractivity contribution in [2.75, 3.05) is 37.9 Å². The van der Waals surface area contributed by atoms with Crippen LogP contribution in [-0.2, 0) is 9.47 Å². The van der Waals surface area contributed by atoms with E-state index in [1.165, 1.54) is 30.9 Å². The van der Waals surface area contributed by atoms with Crippen molar-refractivity contribution in [3.8, 4) is 0 Å². The lowest BCUT2D eigenvalue weighted by molar-refractivity contribution is -0.0894. The maximum absolute atomic E-state index is 5.96. The molecule has 98 valence electrons. The summed E-state index contributed by atoms with van der Waals surface area (Å²) in [4.78, 5) is 0. The third-order valence-corrected chi connectivity index (χ3v) is 5.51. The molecule has 4 heteroatoms. The highest BCUT2D eigenvalue weighted by Gasteiger charge is 2.40. The van der Waals surface area contributed by atoms with Crippen molar-refractivity contribution in [3.63, 3.8) is 0 Å². The van der Waals surface area contributed by atoms with Crippen LogP contribution in [0.3, 0.4) is 0 Å². The highest BCUT2D eigenvalue weighted by atomic mass is 32.2. The second kappa shape index (κ2) is 5.47. The van der Waals surface area contributed by atoms with Gasteiger partial charge in [0.15, 0.2) is 0 Å². The normalized spacial score (nSPS) is 42.4. The van der Waals surface area contributed by atoms with Crippen molar-refractivity contribution in [2.24, 2.45) is 5.92 Å². The van der Waals surface area contributed by atoms with Crippen LogP contribution in [0.1, 0.15) is 25.7 Å². The summed E-state index contributed by atoms with van der Waals surface area (Å²) in [6.45, 7) is 3.80. The van der Waals surface area contributed by atoms with E-state index in [2.05, 4.69) is 17.1 Å². The molecule has 3 unspecified atom stereocenters. The molecule has 0 amide bonds. The minimum absolute atomic E-state index is 0.0559. The molecule has 3 aliphatic heterocycles. The van der Waals surface area contributed by atoms with Crippen molar-refractivity contribution in [1.82, 2.24) is 5.32 Å². The number of hydrogen-bond donors (Lipinski definition) is 1. The van der Waals surface area contributed by atoms with Crippen LogP contribution in [0.4, 0.5) is 0 Å². The van der Waals surface area contributed by atoms with Crippen LogP contribution in [0, 0.1) is 5.92 Å². The molecule has 0 radical (unpaired) electrons. The number of hydrogen-bond acceptors (Lipinski definition) is 4. The third kappa shape index (κ3) is 2.98. The van der Waals surface area contributed by atoms with Crippen LogP contribution in [0.15, 0.2) is 0 Å². The molecule has 0 bridgehead atoms. The Morgan fingerprint density at radius 2 is 2.29 bits per heavy atom. The van der Waals surface area contributed by atoms with Gasteiger partial charge in [0.2, 0.25) is 0 Å². The fraction of sp³-hybridized carbons (Fsp3) is 1.00. The maximum Gasteiger partial charge on any atom is 0.0951 e. The molecule has 3 heterocycles. The highest BCUT2D eigenvalue weighted by molar-refractivity contribution is 7.99. The molecule has 3 atom stereocenters. The largest absolute Gasteiger partial charge is 0.378 e. The smallest absolute Gasteiger partial charge is 0.0951 e. The fourth-order valence-electron chi connectivity index (χ4n) is 3.14. The summed E-state index contributed by atoms with van der Waals surface area (Å²) in [7, 11) is 0.